The quantitative estimate of drug-likeness (QED) is 0.477. The summed E-state index contributed by atoms with van der Waals surface area (Å²) in [6, 6.07) is 1.42. The van der Waals surface area contributed by atoms with Crippen LogP contribution in [0, 0.1) is 0 Å². The average Bonchev–Trinajstić information content (AvgIpc) is 1.85. The summed E-state index contributed by atoms with van der Waals surface area (Å²) in [7, 11) is 1.73. The molecule has 8 heavy (non-hydrogen) atoms. The van der Waals surface area contributed by atoms with Crippen LogP contribution in [0.3, 0.4) is 0 Å². The molecule has 0 saturated carbocycles. The Morgan fingerprint density at radius 3 is 2.62 bits per heavy atom. The monoisotopic (exact) mass is 130 g/mol. The molecule has 0 spiro atoms. The highest BCUT2D eigenvalue weighted by Crippen LogP contribution is 1.95. The van der Waals surface area contributed by atoms with Crippen molar-refractivity contribution < 1.29 is 0 Å². The lowest BCUT2D eigenvalue weighted by Gasteiger charge is -1.88. The Hall–Kier alpha value is -0.640. The maximum absolute atomic E-state index is 10.4. The first-order valence-electron chi connectivity index (χ1n) is 2.15. The van der Waals surface area contributed by atoms with E-state index in [-0.39, 0.29) is 5.56 Å². The van der Waals surface area contributed by atoms with Crippen LogP contribution in [0.25, 0.3) is 0 Å². The van der Waals surface area contributed by atoms with Gasteiger partial charge in [0.1, 0.15) is 0 Å². The fraction of sp³-hybridized carbons (Fsp3) is 0.250. The molecule has 0 aliphatic heterocycles. The Bertz CT molecular complexity index is 214. The van der Waals surface area contributed by atoms with Gasteiger partial charge in [0.2, 0.25) is 0 Å². The van der Waals surface area contributed by atoms with Crippen LogP contribution in [0.4, 0.5) is 0 Å². The van der Waals surface area contributed by atoms with Crippen LogP contribution >= 0.6 is 12.6 Å². The second kappa shape index (κ2) is 1.70. The number of nitrogens with zero attached hydrogens (tertiary/aromatic N) is 1. The molecule has 0 atom stereocenters. The SMILES string of the molecule is Cn1[nH]c(=O)cc1S. The Balaban J connectivity index is 3.35. The van der Waals surface area contributed by atoms with Crippen molar-refractivity contribution in [3.63, 3.8) is 0 Å². The van der Waals surface area contributed by atoms with Crippen LogP contribution in [0.2, 0.25) is 0 Å². The minimum Gasteiger partial charge on any atom is -0.282 e. The van der Waals surface area contributed by atoms with Gasteiger partial charge < -0.3 is 0 Å². The van der Waals surface area contributed by atoms with Gasteiger partial charge in [0.15, 0.2) is 0 Å². The van der Waals surface area contributed by atoms with Gasteiger partial charge >= 0.3 is 0 Å². The fourth-order valence-electron chi connectivity index (χ4n) is 0.469. The topological polar surface area (TPSA) is 37.8 Å². The minimum absolute atomic E-state index is 0.113. The third-order valence-corrected chi connectivity index (χ3v) is 1.31. The van der Waals surface area contributed by atoms with Crippen molar-refractivity contribution in [2.45, 2.75) is 5.03 Å². The zero-order valence-corrected chi connectivity index (χ0v) is 5.27. The number of nitrogens with one attached hydrogen (secondary N) is 1. The van der Waals surface area contributed by atoms with Crippen molar-refractivity contribution in [1.82, 2.24) is 9.78 Å². The lowest BCUT2D eigenvalue weighted by molar-refractivity contribution is 0.694. The summed E-state index contributed by atoms with van der Waals surface area (Å²) in [5.41, 5.74) is -0.113. The van der Waals surface area contributed by atoms with Crippen LogP contribution in [-0.2, 0) is 7.05 Å². The first-order chi connectivity index (χ1) is 3.70. The Morgan fingerprint density at radius 1 is 1.88 bits per heavy atom. The van der Waals surface area contributed by atoms with E-state index in [1.807, 2.05) is 0 Å². The van der Waals surface area contributed by atoms with E-state index in [2.05, 4.69) is 17.7 Å². The number of hydrogen-bond acceptors (Lipinski definition) is 2. The second-order valence-electron chi connectivity index (χ2n) is 1.54. The largest absolute Gasteiger partial charge is 0.282 e. The Kier molecular flexibility index (Phi) is 1.17. The summed E-state index contributed by atoms with van der Waals surface area (Å²) < 4.78 is 1.55. The van der Waals surface area contributed by atoms with Crippen LogP contribution < -0.4 is 5.56 Å². The number of aromatic amines is 1. The van der Waals surface area contributed by atoms with Gasteiger partial charge in [0.05, 0.1) is 5.03 Å². The van der Waals surface area contributed by atoms with Gasteiger partial charge in [-0.25, -0.2) is 0 Å². The lowest BCUT2D eigenvalue weighted by Crippen LogP contribution is -2.00. The van der Waals surface area contributed by atoms with Crippen molar-refractivity contribution in [3.8, 4) is 0 Å². The van der Waals surface area contributed by atoms with E-state index in [0.29, 0.717) is 5.03 Å². The van der Waals surface area contributed by atoms with E-state index < -0.39 is 0 Å². The minimum atomic E-state index is -0.113. The van der Waals surface area contributed by atoms with Crippen LogP contribution in [-0.4, -0.2) is 9.78 Å². The molecule has 0 aromatic carbocycles. The summed E-state index contributed by atoms with van der Waals surface area (Å²) in [5.74, 6) is 0. The molecule has 0 unspecified atom stereocenters. The van der Waals surface area contributed by atoms with Gasteiger partial charge in [-0.3, -0.25) is 14.6 Å². The highest BCUT2D eigenvalue weighted by atomic mass is 32.1. The van der Waals surface area contributed by atoms with Gasteiger partial charge in [-0.1, -0.05) is 0 Å². The number of thiol groups is 1. The smallest absolute Gasteiger partial charge is 0.265 e. The second-order valence-corrected chi connectivity index (χ2v) is 2.00. The molecule has 0 amide bonds. The Morgan fingerprint density at radius 2 is 2.50 bits per heavy atom. The number of aromatic nitrogens is 2. The molecule has 0 saturated heterocycles. The van der Waals surface area contributed by atoms with E-state index >= 15 is 0 Å². The van der Waals surface area contributed by atoms with Gasteiger partial charge in [0.25, 0.3) is 5.56 Å². The lowest BCUT2D eigenvalue weighted by atomic mass is 10.7. The molecular formula is C4H6N2OS. The summed E-state index contributed by atoms with van der Waals surface area (Å²) in [5, 5.41) is 3.14. The molecule has 1 heterocycles. The normalized spacial score (nSPS) is 9.75. The van der Waals surface area contributed by atoms with Crippen molar-refractivity contribution in [1.29, 1.82) is 0 Å². The molecule has 1 aromatic rings. The summed E-state index contributed by atoms with van der Waals surface area (Å²) in [6.07, 6.45) is 0. The number of rotatable bonds is 0. The van der Waals surface area contributed by atoms with Gasteiger partial charge in [0, 0.05) is 13.1 Å². The molecule has 1 aromatic heterocycles. The molecule has 44 valence electrons. The van der Waals surface area contributed by atoms with Gasteiger partial charge in [-0.15, -0.1) is 12.6 Å². The molecular weight excluding hydrogens is 124 g/mol. The predicted molar refractivity (Wildman–Crippen MR) is 33.3 cm³/mol. The third-order valence-electron chi connectivity index (χ3n) is 0.882. The van der Waals surface area contributed by atoms with E-state index in [1.165, 1.54) is 6.07 Å². The molecule has 0 aliphatic carbocycles. The molecule has 1 N–H and O–H groups in total. The summed E-state index contributed by atoms with van der Waals surface area (Å²) in [6.45, 7) is 0. The molecule has 4 heteroatoms. The van der Waals surface area contributed by atoms with Gasteiger partial charge in [-0.05, 0) is 0 Å². The van der Waals surface area contributed by atoms with Crippen molar-refractivity contribution in [2.75, 3.05) is 0 Å². The van der Waals surface area contributed by atoms with Crippen LogP contribution in [0.1, 0.15) is 0 Å². The number of H-pyrrole nitrogens is 1. The molecule has 0 fully saturated rings. The Labute approximate surface area is 51.7 Å². The van der Waals surface area contributed by atoms with Crippen molar-refractivity contribution in [2.24, 2.45) is 7.05 Å². The van der Waals surface area contributed by atoms with E-state index in [9.17, 15) is 4.79 Å². The van der Waals surface area contributed by atoms with Gasteiger partial charge in [-0.2, -0.15) is 0 Å². The number of aryl methyl sites for hydroxylation is 1. The maximum atomic E-state index is 10.4. The molecule has 0 aliphatic rings. The number of hydrogen-bond donors (Lipinski definition) is 2. The fourth-order valence-corrected chi connectivity index (χ4v) is 0.636. The zero-order valence-electron chi connectivity index (χ0n) is 4.38. The van der Waals surface area contributed by atoms with E-state index in [0.717, 1.165) is 0 Å². The first-order valence-corrected chi connectivity index (χ1v) is 2.60. The zero-order chi connectivity index (χ0) is 6.15. The summed E-state index contributed by atoms with van der Waals surface area (Å²) in [4.78, 5) is 10.4. The average molecular weight is 130 g/mol. The predicted octanol–water partition coefficient (Wildman–Crippen LogP) is 0.00210. The molecule has 0 radical (unpaired) electrons. The highest BCUT2D eigenvalue weighted by Gasteiger charge is 1.90. The third kappa shape index (κ3) is 0.790. The first kappa shape index (κ1) is 5.50. The van der Waals surface area contributed by atoms with Crippen molar-refractivity contribution in [3.05, 3.63) is 16.4 Å². The van der Waals surface area contributed by atoms with Crippen LogP contribution in [0.15, 0.2) is 15.9 Å². The molecule has 3 nitrogen and oxygen atoms in total. The molecule has 0 bridgehead atoms. The van der Waals surface area contributed by atoms with E-state index in [4.69, 9.17) is 0 Å². The molecule has 1 rings (SSSR count). The maximum Gasteiger partial charge on any atom is 0.265 e. The van der Waals surface area contributed by atoms with E-state index in [1.54, 1.807) is 11.7 Å². The summed E-state index contributed by atoms with van der Waals surface area (Å²) >= 11 is 3.95. The van der Waals surface area contributed by atoms with Crippen LogP contribution in [0.5, 0.6) is 0 Å². The standard InChI is InChI=1S/C4H6N2OS/c1-6-4(8)2-3(7)5-6/h2,8H,1H3,(H,5,7). The van der Waals surface area contributed by atoms with Crippen molar-refractivity contribution >= 4 is 12.6 Å². The highest BCUT2D eigenvalue weighted by molar-refractivity contribution is 7.80.